The van der Waals surface area contributed by atoms with Gasteiger partial charge in [0.2, 0.25) is 10.0 Å². The van der Waals surface area contributed by atoms with Gasteiger partial charge in [0.25, 0.3) is 0 Å². The highest BCUT2D eigenvalue weighted by atomic mass is 32.2. The van der Waals surface area contributed by atoms with Crippen LogP contribution < -0.4 is 5.32 Å². The molecule has 2 aliphatic carbocycles. The zero-order valence-electron chi connectivity index (χ0n) is 13.4. The Bertz CT molecular complexity index is 540. The topological polar surface area (TPSA) is 69.6 Å². The molecule has 2 saturated heterocycles. The number of fused-ring (bicyclic) bond motifs is 2. The van der Waals surface area contributed by atoms with Crippen molar-refractivity contribution in [2.24, 2.45) is 5.41 Å². The number of aliphatic hydroxyl groups is 1. The van der Waals surface area contributed by atoms with Crippen molar-refractivity contribution < 1.29 is 13.5 Å². The van der Waals surface area contributed by atoms with Crippen molar-refractivity contribution in [2.75, 3.05) is 12.8 Å². The van der Waals surface area contributed by atoms with E-state index in [2.05, 4.69) is 5.32 Å². The van der Waals surface area contributed by atoms with E-state index in [-0.39, 0.29) is 17.5 Å². The molecule has 4 aliphatic rings. The molecular formula is C16H28N2O3S. The number of sulfonamides is 1. The van der Waals surface area contributed by atoms with Gasteiger partial charge >= 0.3 is 0 Å². The summed E-state index contributed by atoms with van der Waals surface area (Å²) in [5.74, 6) is 0. The van der Waals surface area contributed by atoms with Crippen LogP contribution >= 0.6 is 0 Å². The molecule has 4 fully saturated rings. The Hall–Kier alpha value is -0.170. The van der Waals surface area contributed by atoms with Gasteiger partial charge in [0.1, 0.15) is 0 Å². The molecule has 2 N–H and O–H groups in total. The monoisotopic (exact) mass is 328 g/mol. The molecule has 0 aromatic carbocycles. The lowest BCUT2D eigenvalue weighted by Gasteiger charge is -2.45. The van der Waals surface area contributed by atoms with Gasteiger partial charge in [-0.15, -0.1) is 0 Å². The Morgan fingerprint density at radius 2 is 1.73 bits per heavy atom. The Morgan fingerprint density at radius 3 is 2.14 bits per heavy atom. The van der Waals surface area contributed by atoms with Gasteiger partial charge in [0, 0.05) is 30.1 Å². The van der Waals surface area contributed by atoms with Crippen molar-refractivity contribution >= 4 is 10.0 Å². The molecule has 0 aromatic rings. The average Bonchev–Trinajstić information content (AvgIpc) is 3.14. The van der Waals surface area contributed by atoms with E-state index in [9.17, 15) is 13.5 Å². The molecular weight excluding hydrogens is 300 g/mol. The van der Waals surface area contributed by atoms with Crippen molar-refractivity contribution in [1.29, 1.82) is 0 Å². The average molecular weight is 328 g/mol. The Balaban J connectivity index is 1.37. The van der Waals surface area contributed by atoms with Crippen LogP contribution in [0.2, 0.25) is 0 Å². The number of nitrogens with one attached hydrogen (secondary N) is 1. The van der Waals surface area contributed by atoms with Crippen molar-refractivity contribution in [3.05, 3.63) is 0 Å². The van der Waals surface area contributed by atoms with Gasteiger partial charge in [-0.25, -0.2) is 8.42 Å². The van der Waals surface area contributed by atoms with Crippen LogP contribution in [0, 0.1) is 5.41 Å². The number of piperidine rings is 1. The second kappa shape index (κ2) is 4.91. The quantitative estimate of drug-likeness (QED) is 0.796. The molecule has 5 nitrogen and oxygen atoms in total. The van der Waals surface area contributed by atoms with Gasteiger partial charge < -0.3 is 10.4 Å². The van der Waals surface area contributed by atoms with E-state index in [0.29, 0.717) is 6.04 Å². The maximum Gasteiger partial charge on any atom is 0.211 e. The van der Waals surface area contributed by atoms with Crippen LogP contribution in [0.4, 0.5) is 0 Å². The smallest absolute Gasteiger partial charge is 0.211 e. The maximum atomic E-state index is 11.9. The molecule has 4 rings (SSSR count). The molecule has 0 aromatic heterocycles. The Morgan fingerprint density at radius 1 is 1.14 bits per heavy atom. The summed E-state index contributed by atoms with van der Waals surface area (Å²) in [5.41, 5.74) is -0.287. The molecule has 0 spiro atoms. The van der Waals surface area contributed by atoms with Gasteiger partial charge in [-0.3, -0.25) is 0 Å². The number of nitrogens with zero attached hydrogens (tertiary/aromatic N) is 1. The largest absolute Gasteiger partial charge is 0.389 e. The lowest BCUT2D eigenvalue weighted by atomic mass is 9.68. The molecule has 6 heteroatoms. The summed E-state index contributed by atoms with van der Waals surface area (Å²) in [6.07, 6.45) is 10.6. The van der Waals surface area contributed by atoms with Crippen LogP contribution in [0.1, 0.15) is 57.8 Å². The summed E-state index contributed by atoms with van der Waals surface area (Å²) in [5, 5.41) is 14.4. The number of hydrogen-bond donors (Lipinski definition) is 2. The molecule has 0 amide bonds. The van der Waals surface area contributed by atoms with E-state index in [0.717, 1.165) is 64.3 Å². The van der Waals surface area contributed by atoms with E-state index < -0.39 is 15.6 Å². The zero-order valence-corrected chi connectivity index (χ0v) is 14.2. The second-order valence-corrected chi connectivity index (χ2v) is 10.1. The summed E-state index contributed by atoms with van der Waals surface area (Å²) in [4.78, 5) is 0. The SMILES string of the molecule is CS(=O)(=O)N1C2CCC1CC(NCC1(C3(O)CCC3)CC1)C2. The molecule has 2 unspecified atom stereocenters. The van der Waals surface area contributed by atoms with Crippen molar-refractivity contribution in [1.82, 2.24) is 9.62 Å². The van der Waals surface area contributed by atoms with Gasteiger partial charge in [-0.1, -0.05) is 0 Å². The molecule has 0 radical (unpaired) electrons. The molecule has 22 heavy (non-hydrogen) atoms. The lowest BCUT2D eigenvalue weighted by molar-refractivity contribution is -0.0965. The van der Waals surface area contributed by atoms with Crippen molar-refractivity contribution in [3.63, 3.8) is 0 Å². The molecule has 2 heterocycles. The highest BCUT2D eigenvalue weighted by Gasteiger charge is 2.60. The summed E-state index contributed by atoms with van der Waals surface area (Å²) in [6.45, 7) is 0.909. The third-order valence-electron chi connectivity index (χ3n) is 6.80. The first-order valence-corrected chi connectivity index (χ1v) is 10.6. The van der Waals surface area contributed by atoms with Gasteiger partial charge in [-0.2, -0.15) is 4.31 Å². The molecule has 2 bridgehead atoms. The highest BCUT2D eigenvalue weighted by Crippen LogP contribution is 2.60. The van der Waals surface area contributed by atoms with Crippen molar-refractivity contribution in [2.45, 2.75) is 81.5 Å². The third-order valence-corrected chi connectivity index (χ3v) is 8.16. The minimum atomic E-state index is -3.07. The molecule has 2 saturated carbocycles. The normalized spacial score (nSPS) is 39.5. The fourth-order valence-corrected chi connectivity index (χ4v) is 6.65. The first kappa shape index (κ1) is 15.4. The summed E-state index contributed by atoms with van der Waals surface area (Å²) in [6, 6.07) is 0.790. The fourth-order valence-electron chi connectivity index (χ4n) is 5.18. The zero-order chi connectivity index (χ0) is 15.6. The van der Waals surface area contributed by atoms with Gasteiger partial charge in [0.05, 0.1) is 11.9 Å². The van der Waals surface area contributed by atoms with E-state index in [1.165, 1.54) is 6.26 Å². The first-order valence-electron chi connectivity index (χ1n) is 8.77. The third kappa shape index (κ3) is 2.34. The second-order valence-electron chi connectivity index (χ2n) is 8.19. The van der Waals surface area contributed by atoms with Crippen LogP contribution in [0.25, 0.3) is 0 Å². The molecule has 126 valence electrons. The van der Waals surface area contributed by atoms with Crippen LogP contribution in [0.3, 0.4) is 0 Å². The summed E-state index contributed by atoms with van der Waals surface area (Å²) < 4.78 is 25.6. The fraction of sp³-hybridized carbons (Fsp3) is 1.00. The summed E-state index contributed by atoms with van der Waals surface area (Å²) in [7, 11) is -3.07. The van der Waals surface area contributed by atoms with E-state index in [1.54, 1.807) is 4.31 Å². The summed E-state index contributed by atoms with van der Waals surface area (Å²) >= 11 is 0. The maximum absolute atomic E-state index is 11.9. The van der Waals surface area contributed by atoms with Gasteiger partial charge in [0.15, 0.2) is 0 Å². The molecule has 2 aliphatic heterocycles. The standard InChI is InChI=1S/C16H28N2O3S/c1-22(20,21)18-13-3-4-14(18)10-12(9-13)17-11-15(7-8-15)16(19)5-2-6-16/h12-14,17,19H,2-11H2,1H3. The Labute approximate surface area is 133 Å². The van der Waals surface area contributed by atoms with Crippen LogP contribution in [-0.2, 0) is 10.0 Å². The molecule has 2 atom stereocenters. The van der Waals surface area contributed by atoms with Crippen molar-refractivity contribution in [3.8, 4) is 0 Å². The highest BCUT2D eigenvalue weighted by molar-refractivity contribution is 7.88. The van der Waals surface area contributed by atoms with E-state index in [4.69, 9.17) is 0 Å². The van der Waals surface area contributed by atoms with Crippen LogP contribution in [-0.4, -0.2) is 54.4 Å². The number of hydrogen-bond acceptors (Lipinski definition) is 4. The predicted octanol–water partition coefficient (Wildman–Crippen LogP) is 1.23. The Kier molecular flexibility index (Phi) is 3.43. The van der Waals surface area contributed by atoms with E-state index in [1.807, 2.05) is 0 Å². The predicted molar refractivity (Wildman–Crippen MR) is 85.0 cm³/mol. The lowest BCUT2D eigenvalue weighted by Crippen LogP contribution is -2.55. The first-order chi connectivity index (χ1) is 10.3. The number of rotatable bonds is 5. The van der Waals surface area contributed by atoms with E-state index >= 15 is 0 Å². The van der Waals surface area contributed by atoms with Crippen LogP contribution in [0.5, 0.6) is 0 Å². The van der Waals surface area contributed by atoms with Gasteiger partial charge in [-0.05, 0) is 57.8 Å². The minimum Gasteiger partial charge on any atom is -0.389 e. The minimum absolute atomic E-state index is 0.123. The van der Waals surface area contributed by atoms with Crippen LogP contribution in [0.15, 0.2) is 0 Å².